The van der Waals surface area contributed by atoms with Gasteiger partial charge in [-0.3, -0.25) is 4.79 Å². The van der Waals surface area contributed by atoms with Crippen molar-refractivity contribution in [3.63, 3.8) is 0 Å². The molecule has 0 saturated heterocycles. The molecule has 19 heavy (non-hydrogen) atoms. The number of carbonyl (C=O) groups excluding carboxylic acids is 1. The van der Waals surface area contributed by atoms with Gasteiger partial charge in [0.05, 0.1) is 24.3 Å². The molecule has 4 nitrogen and oxygen atoms in total. The summed E-state index contributed by atoms with van der Waals surface area (Å²) in [6, 6.07) is 3.68. The first-order chi connectivity index (χ1) is 9.17. The maximum absolute atomic E-state index is 11.5. The summed E-state index contributed by atoms with van der Waals surface area (Å²) in [4.78, 5) is 11.5. The number of rotatable bonds is 3. The third-order valence-electron chi connectivity index (χ3n) is 3.05. The van der Waals surface area contributed by atoms with Crippen LogP contribution in [0.5, 0.6) is 11.5 Å². The fourth-order valence-corrected chi connectivity index (χ4v) is 3.13. The minimum absolute atomic E-state index is 0.122. The van der Waals surface area contributed by atoms with Gasteiger partial charge in [-0.05, 0) is 17.5 Å². The second kappa shape index (κ2) is 4.28. The number of hydrogen-bond donors (Lipinski definition) is 0. The van der Waals surface area contributed by atoms with E-state index < -0.39 is 0 Å². The van der Waals surface area contributed by atoms with Crippen molar-refractivity contribution >= 4 is 38.2 Å². The molecule has 3 aromatic rings. The first-order valence-electron chi connectivity index (χ1n) is 5.73. The van der Waals surface area contributed by atoms with Crippen molar-refractivity contribution < 1.29 is 18.7 Å². The molecule has 0 amide bonds. The smallest absolute Gasteiger partial charge is 0.194 e. The summed E-state index contributed by atoms with van der Waals surface area (Å²) in [5, 5.41) is 3.70. The van der Waals surface area contributed by atoms with Crippen LogP contribution in [-0.2, 0) is 0 Å². The van der Waals surface area contributed by atoms with Crippen molar-refractivity contribution in [1.82, 2.24) is 0 Å². The van der Waals surface area contributed by atoms with Crippen molar-refractivity contribution in [3.05, 3.63) is 23.3 Å². The van der Waals surface area contributed by atoms with Crippen LogP contribution in [0.25, 0.3) is 21.1 Å². The maximum Gasteiger partial charge on any atom is 0.194 e. The second-order valence-electron chi connectivity index (χ2n) is 4.14. The number of furan rings is 1. The number of carbonyl (C=O) groups is 1. The fraction of sp³-hybridized carbons (Fsp3) is 0.214. The lowest BCUT2D eigenvalue weighted by atomic mass is 10.1. The highest BCUT2D eigenvalue weighted by atomic mass is 32.1. The molecule has 0 fully saturated rings. The predicted molar refractivity (Wildman–Crippen MR) is 74.7 cm³/mol. The second-order valence-corrected chi connectivity index (χ2v) is 5.06. The molecule has 0 saturated carbocycles. The highest BCUT2D eigenvalue weighted by Gasteiger charge is 2.21. The summed E-state index contributed by atoms with van der Waals surface area (Å²) in [7, 11) is 3.20. The molecule has 98 valence electrons. The van der Waals surface area contributed by atoms with Crippen LogP contribution in [0.1, 0.15) is 17.5 Å². The highest BCUT2D eigenvalue weighted by molar-refractivity contribution is 7.17. The lowest BCUT2D eigenvalue weighted by Gasteiger charge is -2.07. The van der Waals surface area contributed by atoms with Crippen molar-refractivity contribution in [2.45, 2.75) is 6.92 Å². The van der Waals surface area contributed by atoms with Gasteiger partial charge in [0.15, 0.2) is 22.9 Å². The molecule has 0 N–H and O–H groups in total. The van der Waals surface area contributed by atoms with E-state index >= 15 is 0 Å². The molecule has 0 unspecified atom stereocenters. The molecular formula is C14H12O4S. The SMILES string of the molecule is COc1c2cc(C(C)=O)oc2c(OC)c2sccc12. The lowest BCUT2D eigenvalue weighted by Crippen LogP contribution is -1.88. The van der Waals surface area contributed by atoms with E-state index in [1.54, 1.807) is 31.6 Å². The Hall–Kier alpha value is -2.01. The first kappa shape index (κ1) is 12.0. The molecule has 1 aromatic carbocycles. The van der Waals surface area contributed by atoms with Crippen LogP contribution >= 0.6 is 11.3 Å². The number of ether oxygens (including phenoxy) is 2. The van der Waals surface area contributed by atoms with E-state index in [-0.39, 0.29) is 5.78 Å². The number of Topliss-reactive ketones (excluding diaryl/α,β-unsaturated/α-hetero) is 1. The Morgan fingerprint density at radius 1 is 1.21 bits per heavy atom. The first-order valence-corrected chi connectivity index (χ1v) is 6.61. The van der Waals surface area contributed by atoms with Gasteiger partial charge in [0.25, 0.3) is 0 Å². The van der Waals surface area contributed by atoms with Gasteiger partial charge in [-0.1, -0.05) is 0 Å². The van der Waals surface area contributed by atoms with Crippen LogP contribution in [0.15, 0.2) is 21.9 Å². The summed E-state index contributed by atoms with van der Waals surface area (Å²) in [5.41, 5.74) is 0.555. The van der Waals surface area contributed by atoms with Crippen molar-refractivity contribution in [2.24, 2.45) is 0 Å². The van der Waals surface area contributed by atoms with E-state index in [4.69, 9.17) is 13.9 Å². The van der Waals surface area contributed by atoms with E-state index in [0.717, 1.165) is 15.5 Å². The lowest BCUT2D eigenvalue weighted by molar-refractivity contribution is 0.0989. The van der Waals surface area contributed by atoms with Crippen molar-refractivity contribution in [3.8, 4) is 11.5 Å². The largest absolute Gasteiger partial charge is 0.495 e. The number of methoxy groups -OCH3 is 2. The van der Waals surface area contributed by atoms with Crippen molar-refractivity contribution in [1.29, 1.82) is 0 Å². The quantitative estimate of drug-likeness (QED) is 0.681. The van der Waals surface area contributed by atoms with Gasteiger partial charge in [-0.15, -0.1) is 11.3 Å². The standard InChI is InChI=1S/C14H12O4S/c1-7(15)10-6-9-11(16-2)8-4-5-19-14(8)13(17-3)12(9)18-10/h4-6H,1-3H3. The predicted octanol–water partition coefficient (Wildman–Crippen LogP) is 3.87. The Morgan fingerprint density at radius 3 is 2.58 bits per heavy atom. The summed E-state index contributed by atoms with van der Waals surface area (Å²) >= 11 is 1.55. The number of fused-ring (bicyclic) bond motifs is 2. The minimum Gasteiger partial charge on any atom is -0.495 e. The zero-order valence-electron chi connectivity index (χ0n) is 10.8. The van der Waals surface area contributed by atoms with Gasteiger partial charge in [0.2, 0.25) is 0 Å². The van der Waals surface area contributed by atoms with Crippen molar-refractivity contribution in [2.75, 3.05) is 14.2 Å². The van der Waals surface area contributed by atoms with Gasteiger partial charge >= 0.3 is 0 Å². The Labute approximate surface area is 113 Å². The van der Waals surface area contributed by atoms with Crippen LogP contribution in [0.3, 0.4) is 0 Å². The molecule has 0 spiro atoms. The van der Waals surface area contributed by atoms with Crippen LogP contribution < -0.4 is 9.47 Å². The normalized spacial score (nSPS) is 11.1. The third-order valence-corrected chi connectivity index (χ3v) is 3.97. The molecule has 2 aromatic heterocycles. The molecule has 2 heterocycles. The monoisotopic (exact) mass is 276 g/mol. The Kier molecular flexibility index (Phi) is 2.71. The van der Waals surface area contributed by atoms with Gasteiger partial charge in [-0.2, -0.15) is 0 Å². The van der Waals surface area contributed by atoms with E-state index in [0.29, 0.717) is 22.8 Å². The van der Waals surface area contributed by atoms with E-state index in [2.05, 4.69) is 0 Å². The van der Waals surface area contributed by atoms with Gasteiger partial charge in [0, 0.05) is 12.3 Å². The van der Waals surface area contributed by atoms with Crippen LogP contribution in [0, 0.1) is 0 Å². The zero-order chi connectivity index (χ0) is 13.6. The fourth-order valence-electron chi connectivity index (χ4n) is 2.22. The molecule has 0 aliphatic carbocycles. The van der Waals surface area contributed by atoms with Gasteiger partial charge in [-0.25, -0.2) is 0 Å². The number of hydrogen-bond acceptors (Lipinski definition) is 5. The third kappa shape index (κ3) is 1.62. The molecule has 0 aliphatic rings. The number of thiophene rings is 1. The molecule has 0 aliphatic heterocycles. The molecule has 0 atom stereocenters. The number of benzene rings is 1. The summed E-state index contributed by atoms with van der Waals surface area (Å²) < 4.78 is 17.5. The zero-order valence-corrected chi connectivity index (χ0v) is 11.6. The van der Waals surface area contributed by atoms with Crippen LogP contribution in [0.4, 0.5) is 0 Å². The van der Waals surface area contributed by atoms with Gasteiger partial charge < -0.3 is 13.9 Å². The molecule has 3 rings (SSSR count). The summed E-state index contributed by atoms with van der Waals surface area (Å²) in [6.07, 6.45) is 0. The highest BCUT2D eigenvalue weighted by Crippen LogP contribution is 2.46. The maximum atomic E-state index is 11.5. The van der Waals surface area contributed by atoms with E-state index in [9.17, 15) is 4.79 Å². The molecule has 5 heteroatoms. The van der Waals surface area contributed by atoms with Gasteiger partial charge in [0.1, 0.15) is 5.75 Å². The number of ketones is 1. The average Bonchev–Trinajstić information content (AvgIpc) is 3.01. The van der Waals surface area contributed by atoms with Crippen LogP contribution in [0.2, 0.25) is 0 Å². The van der Waals surface area contributed by atoms with E-state index in [1.807, 2.05) is 11.4 Å². The average molecular weight is 276 g/mol. The molecular weight excluding hydrogens is 264 g/mol. The molecule has 0 radical (unpaired) electrons. The van der Waals surface area contributed by atoms with Crippen LogP contribution in [-0.4, -0.2) is 20.0 Å². The Bertz CT molecular complexity index is 726. The molecule has 0 bridgehead atoms. The summed E-state index contributed by atoms with van der Waals surface area (Å²) in [5.74, 6) is 1.55. The minimum atomic E-state index is -0.122. The summed E-state index contributed by atoms with van der Waals surface area (Å²) in [6.45, 7) is 1.47. The Morgan fingerprint density at radius 2 is 1.95 bits per heavy atom. The topological polar surface area (TPSA) is 48.7 Å². The van der Waals surface area contributed by atoms with E-state index in [1.165, 1.54) is 6.92 Å². The Balaban J connectivity index is 2.52.